The molecule has 0 amide bonds. The highest BCUT2D eigenvalue weighted by atomic mass is 32.1. The van der Waals surface area contributed by atoms with E-state index in [0.717, 1.165) is 32.4 Å². The van der Waals surface area contributed by atoms with Crippen molar-refractivity contribution in [2.75, 3.05) is 6.61 Å². The Morgan fingerprint density at radius 1 is 1.02 bits per heavy atom. The lowest BCUT2D eigenvalue weighted by molar-refractivity contribution is -0.149. The summed E-state index contributed by atoms with van der Waals surface area (Å²) in [5, 5.41) is 0.902. The van der Waals surface area contributed by atoms with Crippen molar-refractivity contribution in [3.8, 4) is 33.3 Å². The van der Waals surface area contributed by atoms with E-state index in [9.17, 15) is 9.59 Å². The number of nitrogens with zero attached hydrogens (tertiary/aromatic N) is 2. The van der Waals surface area contributed by atoms with E-state index in [2.05, 4.69) is 4.98 Å². The summed E-state index contributed by atoms with van der Waals surface area (Å²) in [5.74, 6) is -0.343. The number of rotatable bonds is 11. The molecule has 2 heterocycles. The number of hydrogen-bond donors (Lipinski definition) is 1. The van der Waals surface area contributed by atoms with Gasteiger partial charge in [-0.15, -0.1) is 11.3 Å². The van der Waals surface area contributed by atoms with Crippen molar-refractivity contribution >= 4 is 23.3 Å². The third-order valence-corrected chi connectivity index (χ3v) is 7.08. The number of carbonyl (C=O) groups excluding carboxylic acids is 2. The highest BCUT2D eigenvalue weighted by molar-refractivity contribution is 7.15. The summed E-state index contributed by atoms with van der Waals surface area (Å²) < 4.78 is 16.6. The molecule has 2 aromatic carbocycles. The molecule has 0 saturated heterocycles. The Morgan fingerprint density at radius 3 is 2.48 bits per heavy atom. The zero-order valence-corrected chi connectivity index (χ0v) is 23.9. The quantitative estimate of drug-likeness (QED) is 0.174. The van der Waals surface area contributed by atoms with Crippen molar-refractivity contribution in [1.29, 1.82) is 0 Å². The van der Waals surface area contributed by atoms with E-state index in [1.165, 1.54) is 0 Å². The number of aromatic nitrogens is 2. The van der Waals surface area contributed by atoms with Gasteiger partial charge >= 0.3 is 11.9 Å². The first-order valence-corrected chi connectivity index (χ1v) is 14.0. The van der Waals surface area contributed by atoms with Crippen LogP contribution >= 0.6 is 11.3 Å². The van der Waals surface area contributed by atoms with Crippen molar-refractivity contribution in [1.82, 2.24) is 9.97 Å². The molecule has 1 atom stereocenters. The van der Waals surface area contributed by atoms with Gasteiger partial charge in [-0.2, -0.15) is 0 Å². The molecular weight excluding hydrogens is 526 g/mol. The van der Waals surface area contributed by atoms with Gasteiger partial charge in [0.15, 0.2) is 0 Å². The third-order valence-electron chi connectivity index (χ3n) is 6.01. The number of hydrogen-bond acceptors (Lipinski definition) is 9. The van der Waals surface area contributed by atoms with Gasteiger partial charge in [0.2, 0.25) is 0 Å². The first-order chi connectivity index (χ1) is 19.2. The van der Waals surface area contributed by atoms with Gasteiger partial charge in [0.25, 0.3) is 0 Å². The topological polar surface area (TPSA) is 114 Å². The average Bonchev–Trinajstić information content (AvgIpc) is 3.33. The Balaban J connectivity index is 1.44. The molecule has 1 unspecified atom stereocenters. The number of benzene rings is 2. The lowest BCUT2D eigenvalue weighted by atomic mass is 10.1. The Bertz CT molecular complexity index is 1450. The summed E-state index contributed by atoms with van der Waals surface area (Å²) in [4.78, 5) is 34.9. The van der Waals surface area contributed by atoms with Crippen LogP contribution in [0.15, 0.2) is 66.9 Å². The summed E-state index contributed by atoms with van der Waals surface area (Å²) in [6.07, 6.45) is 2.29. The van der Waals surface area contributed by atoms with E-state index >= 15 is 0 Å². The number of nitrogens with two attached hydrogens (primary N) is 1. The molecule has 2 aromatic heterocycles. The van der Waals surface area contributed by atoms with Crippen LogP contribution in [-0.4, -0.2) is 34.6 Å². The largest absolute Gasteiger partial charge is 0.493 e. The maximum Gasteiger partial charge on any atom is 0.327 e. The lowest BCUT2D eigenvalue weighted by Gasteiger charge is -2.18. The van der Waals surface area contributed by atoms with Crippen LogP contribution in [0.4, 0.5) is 0 Å². The van der Waals surface area contributed by atoms with Crippen LogP contribution in [0.2, 0.25) is 0 Å². The molecule has 0 radical (unpaired) electrons. The second-order valence-electron chi connectivity index (χ2n) is 9.41. The zero-order valence-electron chi connectivity index (χ0n) is 23.0. The highest BCUT2D eigenvalue weighted by Gasteiger charge is 2.24. The minimum atomic E-state index is -1.13. The van der Waals surface area contributed by atoms with E-state index in [4.69, 9.17) is 24.9 Å². The lowest BCUT2D eigenvalue weighted by Crippen LogP contribution is -2.27. The fourth-order valence-corrected chi connectivity index (χ4v) is 4.88. The smallest absolute Gasteiger partial charge is 0.327 e. The van der Waals surface area contributed by atoms with Crippen molar-refractivity contribution < 1.29 is 23.8 Å². The van der Waals surface area contributed by atoms with E-state index in [0.29, 0.717) is 24.3 Å². The molecule has 208 valence electrons. The number of thiazole rings is 1. The Hall–Kier alpha value is -4.08. The van der Waals surface area contributed by atoms with Gasteiger partial charge in [0.1, 0.15) is 22.5 Å². The number of aryl methyl sites for hydroxylation is 1. The SMILES string of the molecule is CCC(=O)Oc1ccc(OCCc2nc(-c3ccc(-c4ccccc4)nc3)sc2C)cc1C(N)C(=O)OC(C)C. The number of pyridine rings is 1. The molecule has 40 heavy (non-hydrogen) atoms. The third kappa shape index (κ3) is 7.31. The van der Waals surface area contributed by atoms with Crippen LogP contribution in [0.5, 0.6) is 11.5 Å². The number of ether oxygens (including phenoxy) is 3. The normalized spacial score (nSPS) is 11.8. The predicted octanol–water partition coefficient (Wildman–Crippen LogP) is 6.07. The van der Waals surface area contributed by atoms with Crippen LogP contribution in [-0.2, 0) is 20.7 Å². The molecule has 8 nitrogen and oxygen atoms in total. The van der Waals surface area contributed by atoms with Crippen LogP contribution in [0.1, 0.15) is 49.4 Å². The van der Waals surface area contributed by atoms with Crippen LogP contribution in [0.25, 0.3) is 21.8 Å². The van der Waals surface area contributed by atoms with Gasteiger partial charge in [-0.25, -0.2) is 9.78 Å². The molecule has 4 rings (SSSR count). The predicted molar refractivity (Wildman–Crippen MR) is 155 cm³/mol. The van der Waals surface area contributed by atoms with E-state index in [1.807, 2.05) is 55.6 Å². The average molecular weight is 560 g/mol. The summed E-state index contributed by atoms with van der Waals surface area (Å²) in [6.45, 7) is 7.56. The Labute approximate surface area is 238 Å². The van der Waals surface area contributed by atoms with Gasteiger partial charge in [0.05, 0.1) is 24.1 Å². The van der Waals surface area contributed by atoms with Gasteiger partial charge in [-0.1, -0.05) is 37.3 Å². The van der Waals surface area contributed by atoms with Crippen molar-refractivity contribution in [2.45, 2.75) is 52.7 Å². The molecule has 0 spiro atoms. The van der Waals surface area contributed by atoms with E-state index < -0.39 is 18.0 Å². The first kappa shape index (κ1) is 28.9. The summed E-state index contributed by atoms with van der Waals surface area (Å²) >= 11 is 1.62. The van der Waals surface area contributed by atoms with Gasteiger partial charge in [0, 0.05) is 40.6 Å². The molecular formula is C31H33N3O5S. The Morgan fingerprint density at radius 2 is 1.80 bits per heavy atom. The number of esters is 2. The summed E-state index contributed by atoms with van der Waals surface area (Å²) in [6, 6.07) is 17.8. The first-order valence-electron chi connectivity index (χ1n) is 13.2. The summed E-state index contributed by atoms with van der Waals surface area (Å²) in [7, 11) is 0. The zero-order chi connectivity index (χ0) is 28.6. The monoisotopic (exact) mass is 559 g/mol. The fourth-order valence-electron chi connectivity index (χ4n) is 3.93. The standard InChI is InChI=1S/C31H33N3O5S/c1-5-28(35)39-27-14-12-23(17-24(27)29(32)31(36)38-19(2)3)37-16-15-25-20(4)40-30(34-25)22-11-13-26(33-18-22)21-9-7-6-8-10-21/h6-14,17-19,29H,5,15-16,32H2,1-4H3. The number of carbonyl (C=O) groups is 2. The van der Waals surface area contributed by atoms with Crippen LogP contribution in [0, 0.1) is 6.92 Å². The molecule has 2 N–H and O–H groups in total. The highest BCUT2D eigenvalue weighted by Crippen LogP contribution is 2.31. The maximum atomic E-state index is 12.5. The van der Waals surface area contributed by atoms with Crippen LogP contribution < -0.4 is 15.2 Å². The molecule has 0 aliphatic heterocycles. The second kappa shape index (κ2) is 13.3. The van der Waals surface area contributed by atoms with Gasteiger partial charge in [-0.05, 0) is 51.1 Å². The molecule has 0 fully saturated rings. The second-order valence-corrected chi connectivity index (χ2v) is 10.6. The van der Waals surface area contributed by atoms with Crippen LogP contribution in [0.3, 0.4) is 0 Å². The Kier molecular flexibility index (Phi) is 9.63. The van der Waals surface area contributed by atoms with Crippen molar-refractivity contribution in [3.05, 3.63) is 83.0 Å². The van der Waals surface area contributed by atoms with Gasteiger partial charge in [-0.3, -0.25) is 9.78 Å². The summed E-state index contributed by atoms with van der Waals surface area (Å²) in [5.41, 5.74) is 10.4. The molecule has 0 bridgehead atoms. The van der Waals surface area contributed by atoms with Crippen molar-refractivity contribution in [2.24, 2.45) is 5.73 Å². The molecule has 9 heteroatoms. The van der Waals surface area contributed by atoms with E-state index in [-0.39, 0.29) is 18.3 Å². The fraction of sp³-hybridized carbons (Fsp3) is 0.290. The molecule has 0 aliphatic carbocycles. The van der Waals surface area contributed by atoms with Crippen molar-refractivity contribution in [3.63, 3.8) is 0 Å². The minimum absolute atomic E-state index is 0.186. The minimum Gasteiger partial charge on any atom is -0.493 e. The molecule has 0 saturated carbocycles. The molecule has 4 aromatic rings. The van der Waals surface area contributed by atoms with Gasteiger partial charge < -0.3 is 19.9 Å². The maximum absolute atomic E-state index is 12.5. The molecule has 0 aliphatic rings. The van der Waals surface area contributed by atoms with E-state index in [1.54, 1.807) is 50.3 Å².